The molecule has 4 rings (SSSR count). The number of esters is 1. The Kier molecular flexibility index (Phi) is 4.65. The second kappa shape index (κ2) is 7.13. The molecule has 0 saturated carbocycles. The number of para-hydroxylation sites is 1. The number of aryl methyl sites for hydroxylation is 2. The van der Waals surface area contributed by atoms with Crippen LogP contribution in [-0.4, -0.2) is 24.3 Å². The van der Waals surface area contributed by atoms with E-state index in [-0.39, 0.29) is 17.5 Å². The third kappa shape index (κ3) is 3.27. The van der Waals surface area contributed by atoms with Gasteiger partial charge in [0.25, 0.3) is 0 Å². The molecule has 1 N–H and O–H groups in total. The van der Waals surface area contributed by atoms with E-state index in [9.17, 15) is 14.4 Å². The number of benzene rings is 2. The van der Waals surface area contributed by atoms with Crippen LogP contribution in [0.15, 0.2) is 40.8 Å². The molecular weight excluding hydrogens is 382 g/mol. The predicted molar refractivity (Wildman–Crippen MR) is 104 cm³/mol. The van der Waals surface area contributed by atoms with E-state index in [4.69, 9.17) is 20.8 Å². The third-order valence-corrected chi connectivity index (χ3v) is 5.06. The van der Waals surface area contributed by atoms with Crippen LogP contribution in [0.25, 0.3) is 11.0 Å². The minimum absolute atomic E-state index is 0.0315. The molecule has 0 unspecified atom stereocenters. The minimum atomic E-state index is -0.719. The monoisotopic (exact) mass is 397 g/mol. The predicted octanol–water partition coefficient (Wildman–Crippen LogP) is 4.32. The lowest BCUT2D eigenvalue weighted by atomic mass is 9.99. The maximum Gasteiger partial charge on any atom is 0.375 e. The van der Waals surface area contributed by atoms with Crippen LogP contribution in [0, 0.1) is 6.92 Å². The summed E-state index contributed by atoms with van der Waals surface area (Å²) in [6, 6.07) is 10.2. The standard InChI is InChI=1S/C21H16ClNO5/c1-11-14-3-2-4-15(22)20(14)28-19(11)21(26)27-10-17(24)13-5-7-16-12(9-13)6-8-18(25)23-16/h2-5,7,9H,6,8,10H2,1H3,(H,23,25). The van der Waals surface area contributed by atoms with Gasteiger partial charge in [-0.1, -0.05) is 23.7 Å². The van der Waals surface area contributed by atoms with Crippen LogP contribution in [0.3, 0.4) is 0 Å². The van der Waals surface area contributed by atoms with Crippen molar-refractivity contribution in [2.75, 3.05) is 11.9 Å². The number of nitrogens with one attached hydrogen (secondary N) is 1. The van der Waals surface area contributed by atoms with Crippen molar-refractivity contribution in [3.63, 3.8) is 0 Å². The number of rotatable bonds is 4. The van der Waals surface area contributed by atoms with Crippen LogP contribution in [0.4, 0.5) is 5.69 Å². The van der Waals surface area contributed by atoms with Crippen LogP contribution in [0.2, 0.25) is 5.02 Å². The van der Waals surface area contributed by atoms with Gasteiger partial charge in [0.05, 0.1) is 5.02 Å². The van der Waals surface area contributed by atoms with E-state index in [2.05, 4.69) is 5.32 Å². The Morgan fingerprint density at radius 3 is 2.82 bits per heavy atom. The molecule has 0 saturated heterocycles. The van der Waals surface area contributed by atoms with Gasteiger partial charge in [-0.15, -0.1) is 0 Å². The maximum atomic E-state index is 12.4. The number of ketones is 1. The Labute approximate surface area is 165 Å². The summed E-state index contributed by atoms with van der Waals surface area (Å²) in [5.74, 6) is -1.06. The van der Waals surface area contributed by atoms with Crippen molar-refractivity contribution >= 4 is 45.9 Å². The number of carbonyl (C=O) groups excluding carboxylic acids is 3. The average Bonchev–Trinajstić information content (AvgIpc) is 3.03. The van der Waals surface area contributed by atoms with Gasteiger partial charge in [-0.2, -0.15) is 0 Å². The second-order valence-electron chi connectivity index (χ2n) is 6.59. The van der Waals surface area contributed by atoms with Crippen molar-refractivity contribution < 1.29 is 23.5 Å². The van der Waals surface area contributed by atoms with Crippen LogP contribution in [0.5, 0.6) is 0 Å². The zero-order valence-electron chi connectivity index (χ0n) is 15.0. The summed E-state index contributed by atoms with van der Waals surface area (Å²) >= 11 is 6.10. The van der Waals surface area contributed by atoms with E-state index in [0.717, 1.165) is 10.9 Å². The van der Waals surface area contributed by atoms with Crippen molar-refractivity contribution in [3.8, 4) is 0 Å². The Balaban J connectivity index is 1.48. The molecule has 0 atom stereocenters. The summed E-state index contributed by atoms with van der Waals surface area (Å²) in [6.07, 6.45) is 0.953. The van der Waals surface area contributed by atoms with Gasteiger partial charge >= 0.3 is 5.97 Å². The van der Waals surface area contributed by atoms with Crippen LogP contribution >= 0.6 is 11.6 Å². The fraction of sp³-hybridized carbons (Fsp3) is 0.190. The zero-order valence-corrected chi connectivity index (χ0v) is 15.8. The minimum Gasteiger partial charge on any atom is -0.451 e. The molecule has 0 aliphatic carbocycles. The largest absolute Gasteiger partial charge is 0.451 e. The van der Waals surface area contributed by atoms with Crippen LogP contribution in [-0.2, 0) is 16.0 Å². The first-order chi connectivity index (χ1) is 13.4. The third-order valence-electron chi connectivity index (χ3n) is 4.76. The van der Waals surface area contributed by atoms with Gasteiger partial charge in [0.15, 0.2) is 18.0 Å². The van der Waals surface area contributed by atoms with Gasteiger partial charge in [0, 0.05) is 28.6 Å². The Hall–Kier alpha value is -3.12. The van der Waals surface area contributed by atoms with E-state index >= 15 is 0 Å². The molecule has 3 aromatic rings. The number of Topliss-reactive ketones (excluding diaryl/α,β-unsaturated/α-hetero) is 1. The second-order valence-corrected chi connectivity index (χ2v) is 7.00. The molecule has 7 heteroatoms. The lowest BCUT2D eigenvalue weighted by Crippen LogP contribution is -2.20. The highest BCUT2D eigenvalue weighted by molar-refractivity contribution is 6.35. The summed E-state index contributed by atoms with van der Waals surface area (Å²) in [5.41, 5.74) is 3.04. The zero-order chi connectivity index (χ0) is 19.8. The number of hydrogen-bond acceptors (Lipinski definition) is 5. The highest BCUT2D eigenvalue weighted by atomic mass is 35.5. The Bertz CT molecular complexity index is 1130. The summed E-state index contributed by atoms with van der Waals surface area (Å²) in [4.78, 5) is 36.2. The van der Waals surface area contributed by atoms with Gasteiger partial charge < -0.3 is 14.5 Å². The highest BCUT2D eigenvalue weighted by Crippen LogP contribution is 2.31. The lowest BCUT2D eigenvalue weighted by molar-refractivity contribution is -0.116. The molecule has 1 amide bonds. The molecule has 0 spiro atoms. The van der Waals surface area contributed by atoms with Crippen LogP contribution in [0.1, 0.15) is 38.5 Å². The van der Waals surface area contributed by atoms with Crippen molar-refractivity contribution in [1.82, 2.24) is 0 Å². The van der Waals surface area contributed by atoms with E-state index in [1.807, 2.05) is 0 Å². The van der Waals surface area contributed by atoms with E-state index in [0.29, 0.717) is 40.3 Å². The molecule has 2 aromatic carbocycles. The Morgan fingerprint density at radius 2 is 2.04 bits per heavy atom. The maximum absolute atomic E-state index is 12.4. The summed E-state index contributed by atoms with van der Waals surface area (Å²) in [7, 11) is 0. The van der Waals surface area contributed by atoms with Crippen molar-refractivity contribution in [3.05, 3.63) is 63.9 Å². The van der Waals surface area contributed by atoms with Crippen LogP contribution < -0.4 is 5.32 Å². The van der Waals surface area contributed by atoms with Gasteiger partial charge in [0.2, 0.25) is 11.7 Å². The number of anilines is 1. The number of halogens is 1. The normalized spacial score (nSPS) is 13.1. The first kappa shape index (κ1) is 18.3. The molecule has 142 valence electrons. The SMILES string of the molecule is Cc1c(C(=O)OCC(=O)c2ccc3c(c2)CCC(=O)N3)oc2c(Cl)cccc12. The fourth-order valence-electron chi connectivity index (χ4n) is 3.24. The lowest BCUT2D eigenvalue weighted by Gasteiger charge is -2.17. The fourth-order valence-corrected chi connectivity index (χ4v) is 3.45. The molecule has 0 fully saturated rings. The number of fused-ring (bicyclic) bond motifs is 2. The molecule has 1 aromatic heterocycles. The molecule has 0 bridgehead atoms. The van der Waals surface area contributed by atoms with E-state index in [1.54, 1.807) is 43.3 Å². The topological polar surface area (TPSA) is 85.6 Å². The van der Waals surface area contributed by atoms with Crippen molar-refractivity contribution in [2.45, 2.75) is 19.8 Å². The van der Waals surface area contributed by atoms with Gasteiger partial charge in [-0.25, -0.2) is 4.79 Å². The smallest absolute Gasteiger partial charge is 0.375 e. The summed E-state index contributed by atoms with van der Waals surface area (Å²) < 4.78 is 10.7. The number of carbonyl (C=O) groups is 3. The van der Waals surface area contributed by atoms with Gasteiger partial charge in [0.1, 0.15) is 0 Å². The molecule has 1 aliphatic rings. The summed E-state index contributed by atoms with van der Waals surface area (Å²) in [5, 5.41) is 3.89. The number of amides is 1. The molecule has 28 heavy (non-hydrogen) atoms. The molecule has 2 heterocycles. The first-order valence-corrected chi connectivity index (χ1v) is 9.12. The van der Waals surface area contributed by atoms with E-state index < -0.39 is 12.6 Å². The van der Waals surface area contributed by atoms with Gasteiger partial charge in [-0.05, 0) is 43.2 Å². The molecule has 1 aliphatic heterocycles. The number of hydrogen-bond donors (Lipinski definition) is 1. The molecule has 6 nitrogen and oxygen atoms in total. The van der Waals surface area contributed by atoms with Gasteiger partial charge in [-0.3, -0.25) is 9.59 Å². The summed E-state index contributed by atoms with van der Waals surface area (Å²) in [6.45, 7) is 1.33. The van der Waals surface area contributed by atoms with E-state index in [1.165, 1.54) is 0 Å². The molecular formula is C21H16ClNO5. The first-order valence-electron chi connectivity index (χ1n) is 8.75. The Morgan fingerprint density at radius 1 is 1.21 bits per heavy atom. The average molecular weight is 398 g/mol. The quantitative estimate of drug-likeness (QED) is 0.523. The van der Waals surface area contributed by atoms with Crippen molar-refractivity contribution in [1.29, 1.82) is 0 Å². The highest BCUT2D eigenvalue weighted by Gasteiger charge is 2.22. The van der Waals surface area contributed by atoms with Crippen molar-refractivity contribution in [2.24, 2.45) is 0 Å². The molecule has 0 radical (unpaired) electrons. The number of ether oxygens (including phenoxy) is 1. The number of furan rings is 1.